The van der Waals surface area contributed by atoms with Gasteiger partial charge in [0, 0.05) is 17.2 Å². The number of amides is 1. The second kappa shape index (κ2) is 5.32. The van der Waals surface area contributed by atoms with E-state index in [1.54, 1.807) is 12.3 Å². The van der Waals surface area contributed by atoms with E-state index in [4.69, 9.17) is 0 Å². The summed E-state index contributed by atoms with van der Waals surface area (Å²) in [7, 11) is 0. The van der Waals surface area contributed by atoms with Gasteiger partial charge in [-0.1, -0.05) is 11.3 Å². The summed E-state index contributed by atoms with van der Waals surface area (Å²) in [4.78, 5) is 16.1. The third-order valence-electron chi connectivity index (χ3n) is 2.13. The standard InChI is InChI=1S/C10H9Br2N3OS/c1-2-15-5-6(11)3-7(15)9(16)14-10-13-4-8(12)17-10/h3-5H,2H2,1H3,(H,13,14,16). The second-order valence-corrected chi connectivity index (χ2v) is 6.58. The summed E-state index contributed by atoms with van der Waals surface area (Å²) in [5.74, 6) is -0.153. The van der Waals surface area contributed by atoms with Crippen LogP contribution in [0.1, 0.15) is 17.4 Å². The molecule has 0 atom stereocenters. The fourth-order valence-corrected chi connectivity index (χ4v) is 2.97. The van der Waals surface area contributed by atoms with Crippen molar-refractivity contribution in [2.24, 2.45) is 0 Å². The molecule has 1 amide bonds. The highest BCUT2D eigenvalue weighted by molar-refractivity contribution is 9.11. The number of halogens is 2. The predicted molar refractivity (Wildman–Crippen MR) is 75.6 cm³/mol. The minimum Gasteiger partial charge on any atom is -0.343 e. The molecule has 0 aliphatic rings. The Balaban J connectivity index is 2.19. The fraction of sp³-hybridized carbons (Fsp3) is 0.200. The molecule has 7 heteroatoms. The van der Waals surface area contributed by atoms with Crippen molar-refractivity contribution in [1.29, 1.82) is 0 Å². The van der Waals surface area contributed by atoms with Gasteiger partial charge in [-0.15, -0.1) is 0 Å². The van der Waals surface area contributed by atoms with Crippen molar-refractivity contribution in [2.45, 2.75) is 13.5 Å². The van der Waals surface area contributed by atoms with Crippen LogP contribution in [-0.4, -0.2) is 15.5 Å². The molecule has 17 heavy (non-hydrogen) atoms. The average molecular weight is 379 g/mol. The molecule has 0 aliphatic carbocycles. The van der Waals surface area contributed by atoms with E-state index >= 15 is 0 Å². The first-order chi connectivity index (χ1) is 8.10. The summed E-state index contributed by atoms with van der Waals surface area (Å²) < 4.78 is 3.66. The number of nitrogens with zero attached hydrogens (tertiary/aromatic N) is 2. The maximum absolute atomic E-state index is 12.0. The van der Waals surface area contributed by atoms with Crippen molar-refractivity contribution in [1.82, 2.24) is 9.55 Å². The molecule has 0 saturated heterocycles. The van der Waals surface area contributed by atoms with E-state index in [1.807, 2.05) is 17.7 Å². The maximum atomic E-state index is 12.0. The van der Waals surface area contributed by atoms with Gasteiger partial charge in [0.1, 0.15) is 5.69 Å². The molecule has 0 spiro atoms. The van der Waals surface area contributed by atoms with Gasteiger partial charge in [0.05, 0.1) is 9.98 Å². The monoisotopic (exact) mass is 377 g/mol. The number of hydrogen-bond acceptors (Lipinski definition) is 3. The third-order valence-corrected chi connectivity index (χ3v) is 3.96. The number of nitrogens with one attached hydrogen (secondary N) is 1. The van der Waals surface area contributed by atoms with Gasteiger partial charge in [0.25, 0.3) is 5.91 Å². The van der Waals surface area contributed by atoms with Crippen molar-refractivity contribution in [2.75, 3.05) is 5.32 Å². The summed E-state index contributed by atoms with van der Waals surface area (Å²) in [5, 5.41) is 3.35. The summed E-state index contributed by atoms with van der Waals surface area (Å²) in [5.41, 5.74) is 0.616. The first kappa shape index (κ1) is 12.8. The van der Waals surface area contributed by atoms with E-state index in [1.165, 1.54) is 11.3 Å². The lowest BCUT2D eigenvalue weighted by atomic mass is 10.4. The largest absolute Gasteiger partial charge is 0.343 e. The van der Waals surface area contributed by atoms with Gasteiger partial charge >= 0.3 is 0 Å². The van der Waals surface area contributed by atoms with Crippen LogP contribution < -0.4 is 5.32 Å². The Labute approximate surface area is 119 Å². The first-order valence-corrected chi connectivity index (χ1v) is 7.28. The SMILES string of the molecule is CCn1cc(Br)cc1C(=O)Nc1ncc(Br)s1. The second-order valence-electron chi connectivity index (χ2n) is 3.25. The molecule has 4 nitrogen and oxygen atoms in total. The molecule has 2 aromatic rings. The van der Waals surface area contributed by atoms with E-state index in [0.717, 1.165) is 14.8 Å². The van der Waals surface area contributed by atoms with Crippen molar-refractivity contribution in [3.05, 3.63) is 32.4 Å². The molecule has 0 radical (unpaired) electrons. The van der Waals surface area contributed by atoms with Crippen molar-refractivity contribution in [3.8, 4) is 0 Å². The summed E-state index contributed by atoms with van der Waals surface area (Å²) in [6.07, 6.45) is 3.54. The molecule has 0 aromatic carbocycles. The van der Waals surface area contributed by atoms with Crippen LogP contribution in [0.25, 0.3) is 0 Å². The Morgan fingerprint density at radius 3 is 2.94 bits per heavy atom. The number of thiazole rings is 1. The lowest BCUT2D eigenvalue weighted by Gasteiger charge is -2.04. The topological polar surface area (TPSA) is 46.9 Å². The Morgan fingerprint density at radius 1 is 1.59 bits per heavy atom. The molecular weight excluding hydrogens is 370 g/mol. The number of carbonyl (C=O) groups is 1. The van der Waals surface area contributed by atoms with Crippen molar-refractivity contribution >= 4 is 54.2 Å². The van der Waals surface area contributed by atoms with Crippen LogP contribution in [0.15, 0.2) is 26.7 Å². The Bertz CT molecular complexity index is 549. The van der Waals surface area contributed by atoms with Crippen LogP contribution in [0, 0.1) is 0 Å². The van der Waals surface area contributed by atoms with Crippen LogP contribution in [0.4, 0.5) is 5.13 Å². The summed E-state index contributed by atoms with van der Waals surface area (Å²) in [6.45, 7) is 2.74. The Kier molecular flexibility index (Phi) is 4.01. The zero-order chi connectivity index (χ0) is 12.4. The number of aryl methyl sites for hydroxylation is 1. The third kappa shape index (κ3) is 2.97. The minimum absolute atomic E-state index is 0.153. The molecule has 2 rings (SSSR count). The average Bonchev–Trinajstić information content (AvgIpc) is 2.84. The number of rotatable bonds is 3. The van der Waals surface area contributed by atoms with Gasteiger partial charge in [0.2, 0.25) is 0 Å². The Hall–Kier alpha value is -0.660. The van der Waals surface area contributed by atoms with Gasteiger partial charge in [0.15, 0.2) is 5.13 Å². The van der Waals surface area contributed by atoms with E-state index in [9.17, 15) is 4.79 Å². The number of aromatic nitrogens is 2. The van der Waals surface area contributed by atoms with Crippen LogP contribution >= 0.6 is 43.2 Å². The summed E-state index contributed by atoms with van der Waals surface area (Å²) in [6, 6.07) is 1.79. The molecule has 2 aromatic heterocycles. The van der Waals surface area contributed by atoms with E-state index in [2.05, 4.69) is 42.2 Å². The summed E-state index contributed by atoms with van der Waals surface area (Å²) >= 11 is 8.05. The van der Waals surface area contributed by atoms with Crippen LogP contribution in [-0.2, 0) is 6.54 Å². The minimum atomic E-state index is -0.153. The highest BCUT2D eigenvalue weighted by atomic mass is 79.9. The number of hydrogen-bond donors (Lipinski definition) is 1. The number of carbonyl (C=O) groups excluding carboxylic acids is 1. The molecule has 0 saturated carbocycles. The maximum Gasteiger partial charge on any atom is 0.274 e. The van der Waals surface area contributed by atoms with Gasteiger partial charge < -0.3 is 4.57 Å². The zero-order valence-electron chi connectivity index (χ0n) is 8.91. The highest BCUT2D eigenvalue weighted by Crippen LogP contribution is 2.24. The van der Waals surface area contributed by atoms with Crippen LogP contribution in [0.2, 0.25) is 0 Å². The number of anilines is 1. The molecule has 0 bridgehead atoms. The van der Waals surface area contributed by atoms with E-state index < -0.39 is 0 Å². The normalized spacial score (nSPS) is 10.5. The molecule has 90 valence electrons. The zero-order valence-corrected chi connectivity index (χ0v) is 12.9. The molecule has 0 fully saturated rings. The van der Waals surface area contributed by atoms with Gasteiger partial charge in [-0.3, -0.25) is 10.1 Å². The lowest BCUT2D eigenvalue weighted by molar-refractivity contribution is 0.101. The van der Waals surface area contributed by atoms with Crippen molar-refractivity contribution in [3.63, 3.8) is 0 Å². The van der Waals surface area contributed by atoms with Gasteiger partial charge in [-0.2, -0.15) is 0 Å². The Morgan fingerprint density at radius 2 is 2.35 bits per heavy atom. The predicted octanol–water partition coefficient (Wildman–Crippen LogP) is 3.74. The van der Waals surface area contributed by atoms with Gasteiger partial charge in [-0.05, 0) is 44.8 Å². The first-order valence-electron chi connectivity index (χ1n) is 4.88. The highest BCUT2D eigenvalue weighted by Gasteiger charge is 2.13. The fourth-order valence-electron chi connectivity index (χ4n) is 1.40. The van der Waals surface area contributed by atoms with E-state index in [-0.39, 0.29) is 5.91 Å². The van der Waals surface area contributed by atoms with E-state index in [0.29, 0.717) is 10.8 Å². The molecule has 0 aliphatic heterocycles. The molecule has 0 unspecified atom stereocenters. The van der Waals surface area contributed by atoms with Crippen LogP contribution in [0.5, 0.6) is 0 Å². The molecule has 2 heterocycles. The van der Waals surface area contributed by atoms with Crippen molar-refractivity contribution < 1.29 is 4.79 Å². The lowest BCUT2D eigenvalue weighted by Crippen LogP contribution is -2.16. The van der Waals surface area contributed by atoms with Gasteiger partial charge in [-0.25, -0.2) is 4.98 Å². The van der Waals surface area contributed by atoms with Crippen LogP contribution in [0.3, 0.4) is 0 Å². The smallest absolute Gasteiger partial charge is 0.274 e. The quantitative estimate of drug-likeness (QED) is 0.884. The molecular formula is C10H9Br2N3OS. The molecule has 1 N–H and O–H groups in total.